The highest BCUT2D eigenvalue weighted by molar-refractivity contribution is 8.35. The third-order valence-corrected chi connectivity index (χ3v) is 8.25. The maximum atomic E-state index is 12.2. The van der Waals surface area contributed by atoms with E-state index in [9.17, 15) is 22.8 Å². The third kappa shape index (κ3) is 4.58. The number of hydrogen-bond donors (Lipinski definition) is 0. The zero-order valence-corrected chi connectivity index (χ0v) is 15.6. The van der Waals surface area contributed by atoms with Crippen molar-refractivity contribution < 1.29 is 22.8 Å². The molecule has 0 aromatic heterocycles. The molecule has 0 spiro atoms. The number of carbonyl (C=O) groups excluding carboxylic acids is 2. The Morgan fingerprint density at radius 3 is 2.16 bits per heavy atom. The number of ketones is 2. The largest absolute Gasteiger partial charge is 0.450 e. The predicted octanol–water partition coefficient (Wildman–Crippen LogP) is 6.25. The second-order valence-corrected chi connectivity index (χ2v) is 9.16. The molecule has 9 heteroatoms. The maximum absolute atomic E-state index is 12.2. The van der Waals surface area contributed by atoms with Gasteiger partial charge in [0.15, 0.2) is 5.78 Å². The van der Waals surface area contributed by atoms with Crippen LogP contribution in [0, 0.1) is 0 Å². The molecule has 0 fully saturated rings. The van der Waals surface area contributed by atoms with E-state index in [2.05, 4.69) is 0 Å². The lowest BCUT2D eigenvalue weighted by atomic mass is 10.0. The molecule has 0 saturated carbocycles. The fourth-order valence-corrected chi connectivity index (χ4v) is 6.43. The summed E-state index contributed by atoms with van der Waals surface area (Å²) in [5.41, 5.74) is 0.982. The molecule has 0 unspecified atom stereocenters. The van der Waals surface area contributed by atoms with Crippen LogP contribution in [0.4, 0.5) is 13.2 Å². The highest BCUT2D eigenvalue weighted by Crippen LogP contribution is 2.55. The Bertz CT molecular complexity index is 798. The average Bonchev–Trinajstić information content (AvgIpc) is 3.25. The van der Waals surface area contributed by atoms with E-state index < -0.39 is 24.2 Å². The molecule has 3 rings (SSSR count). The van der Waals surface area contributed by atoms with Crippen molar-refractivity contribution in [1.29, 1.82) is 0 Å². The minimum atomic E-state index is -4.98. The van der Waals surface area contributed by atoms with Crippen molar-refractivity contribution in [3.8, 4) is 0 Å². The van der Waals surface area contributed by atoms with Gasteiger partial charge in [0.05, 0.1) is 14.9 Å². The maximum Gasteiger partial charge on any atom is 0.450 e. The molecule has 0 aliphatic carbocycles. The average molecular weight is 419 g/mol. The second-order valence-electron chi connectivity index (χ2n) is 4.88. The summed E-state index contributed by atoms with van der Waals surface area (Å²) in [6, 6.07) is 6.29. The standard InChI is InChI=1S/C16H9F3O2S4/c17-16(18,19)13(21)7-11(20)9-1-3-10(4-2-9)12-8-24-15(25-12)14-22-5-6-23-14/h1-6,8H,7H2. The van der Waals surface area contributed by atoms with E-state index in [0.717, 1.165) is 10.5 Å². The summed E-state index contributed by atoms with van der Waals surface area (Å²) in [6.45, 7) is 0. The first-order valence-corrected chi connectivity index (χ1v) is 10.3. The van der Waals surface area contributed by atoms with Crippen LogP contribution >= 0.6 is 47.0 Å². The van der Waals surface area contributed by atoms with E-state index >= 15 is 0 Å². The van der Waals surface area contributed by atoms with E-state index in [0.29, 0.717) is 0 Å². The normalized spacial score (nSPS) is 17.2. The van der Waals surface area contributed by atoms with Crippen molar-refractivity contribution >= 4 is 63.5 Å². The molecule has 0 saturated heterocycles. The SMILES string of the molecule is O=C(CC(=O)C(F)(F)F)c1ccc(C2=CSC(=C3SC=CS3)S2)cc1. The molecule has 0 radical (unpaired) electrons. The van der Waals surface area contributed by atoms with Crippen molar-refractivity contribution in [1.82, 2.24) is 0 Å². The Kier molecular flexibility index (Phi) is 5.77. The van der Waals surface area contributed by atoms with E-state index in [4.69, 9.17) is 0 Å². The molecule has 2 aliphatic rings. The summed E-state index contributed by atoms with van der Waals surface area (Å²) in [5.74, 6) is -2.85. The number of halogens is 3. The summed E-state index contributed by atoms with van der Waals surface area (Å²) in [5, 5.41) is 6.06. The molecule has 25 heavy (non-hydrogen) atoms. The molecule has 2 heterocycles. The Morgan fingerprint density at radius 2 is 1.56 bits per heavy atom. The topological polar surface area (TPSA) is 34.1 Å². The first-order chi connectivity index (χ1) is 11.8. The van der Waals surface area contributed by atoms with Crippen molar-refractivity contribution in [2.24, 2.45) is 0 Å². The zero-order valence-electron chi connectivity index (χ0n) is 12.3. The van der Waals surface area contributed by atoms with Gasteiger partial charge in [0.1, 0.15) is 0 Å². The zero-order chi connectivity index (χ0) is 18.0. The van der Waals surface area contributed by atoms with Gasteiger partial charge in [-0.3, -0.25) is 9.59 Å². The third-order valence-electron chi connectivity index (χ3n) is 3.18. The van der Waals surface area contributed by atoms with Crippen molar-refractivity contribution in [2.75, 3.05) is 0 Å². The molecule has 1 aromatic carbocycles. The van der Waals surface area contributed by atoms with Gasteiger partial charge in [-0.1, -0.05) is 71.3 Å². The minimum absolute atomic E-state index is 0.0993. The van der Waals surface area contributed by atoms with Crippen LogP contribution in [-0.2, 0) is 4.79 Å². The number of Topliss-reactive ketones (excluding diaryl/α,β-unsaturated/α-hetero) is 2. The van der Waals surface area contributed by atoms with E-state index in [1.807, 2.05) is 16.2 Å². The molecule has 1 aromatic rings. The number of benzene rings is 1. The highest BCUT2D eigenvalue weighted by Gasteiger charge is 2.39. The van der Waals surface area contributed by atoms with Crippen LogP contribution in [0.1, 0.15) is 22.3 Å². The summed E-state index contributed by atoms with van der Waals surface area (Å²) in [7, 11) is 0. The van der Waals surface area contributed by atoms with E-state index in [-0.39, 0.29) is 5.56 Å². The van der Waals surface area contributed by atoms with Gasteiger partial charge in [-0.2, -0.15) is 13.2 Å². The molecule has 130 valence electrons. The van der Waals surface area contributed by atoms with Crippen molar-refractivity contribution in [3.63, 3.8) is 0 Å². The summed E-state index contributed by atoms with van der Waals surface area (Å²) < 4.78 is 39.1. The number of alkyl halides is 3. The Hall–Kier alpha value is -1.03. The van der Waals surface area contributed by atoms with Crippen LogP contribution in [0.5, 0.6) is 0 Å². The predicted molar refractivity (Wildman–Crippen MR) is 101 cm³/mol. The first-order valence-electron chi connectivity index (χ1n) is 6.85. The highest BCUT2D eigenvalue weighted by atomic mass is 32.2. The van der Waals surface area contributed by atoms with E-state index in [1.165, 1.54) is 20.6 Å². The lowest BCUT2D eigenvalue weighted by Crippen LogP contribution is -2.25. The Morgan fingerprint density at radius 1 is 0.920 bits per heavy atom. The van der Waals surface area contributed by atoms with E-state index in [1.54, 1.807) is 59.2 Å². The molecule has 2 aliphatic heterocycles. The lowest BCUT2D eigenvalue weighted by Gasteiger charge is -2.06. The first kappa shape index (κ1) is 18.8. The second kappa shape index (κ2) is 7.69. The van der Waals surface area contributed by atoms with Gasteiger partial charge in [-0.25, -0.2) is 0 Å². The quantitative estimate of drug-likeness (QED) is 0.425. The van der Waals surface area contributed by atoms with Gasteiger partial charge in [0.2, 0.25) is 5.78 Å². The number of carbonyl (C=O) groups is 2. The van der Waals surface area contributed by atoms with Crippen LogP contribution in [0.2, 0.25) is 0 Å². The molecular weight excluding hydrogens is 409 g/mol. The molecule has 2 nitrogen and oxygen atoms in total. The van der Waals surface area contributed by atoms with Crippen LogP contribution in [0.3, 0.4) is 0 Å². The number of thioether (sulfide) groups is 4. The van der Waals surface area contributed by atoms with Crippen LogP contribution in [0.25, 0.3) is 4.91 Å². The number of hydrogen-bond acceptors (Lipinski definition) is 6. The fraction of sp³-hybridized carbons (Fsp3) is 0.125. The smallest absolute Gasteiger partial charge is 0.294 e. The van der Waals surface area contributed by atoms with Crippen LogP contribution in [0.15, 0.2) is 49.0 Å². The van der Waals surface area contributed by atoms with Crippen molar-refractivity contribution in [2.45, 2.75) is 12.6 Å². The fourth-order valence-electron chi connectivity index (χ4n) is 1.94. The molecule has 0 amide bonds. The summed E-state index contributed by atoms with van der Waals surface area (Å²) >= 11 is 6.59. The van der Waals surface area contributed by atoms with Gasteiger partial charge >= 0.3 is 6.18 Å². The minimum Gasteiger partial charge on any atom is -0.294 e. The molecule has 0 N–H and O–H groups in total. The van der Waals surface area contributed by atoms with Gasteiger partial charge in [-0.05, 0) is 21.8 Å². The van der Waals surface area contributed by atoms with Gasteiger partial charge in [0, 0.05) is 10.5 Å². The monoisotopic (exact) mass is 418 g/mol. The molecule has 0 bridgehead atoms. The van der Waals surface area contributed by atoms with Crippen LogP contribution in [-0.4, -0.2) is 17.7 Å². The van der Waals surface area contributed by atoms with Crippen molar-refractivity contribution in [3.05, 3.63) is 60.1 Å². The Labute approximate surface area is 158 Å². The summed E-state index contributed by atoms with van der Waals surface area (Å²) in [6.07, 6.45) is -6.14. The Balaban J connectivity index is 1.66. The van der Waals surface area contributed by atoms with Crippen LogP contribution < -0.4 is 0 Å². The molecule has 0 atom stereocenters. The lowest BCUT2D eigenvalue weighted by molar-refractivity contribution is -0.170. The van der Waals surface area contributed by atoms with Gasteiger partial charge < -0.3 is 0 Å². The number of rotatable bonds is 4. The molecular formula is C16H9F3O2S4. The van der Waals surface area contributed by atoms with Gasteiger partial charge in [0.25, 0.3) is 0 Å². The van der Waals surface area contributed by atoms with Gasteiger partial charge in [-0.15, -0.1) is 0 Å². The summed E-state index contributed by atoms with van der Waals surface area (Å²) in [4.78, 5) is 23.7.